The number of hydrogen-bond acceptors (Lipinski definition) is 5. The van der Waals surface area contributed by atoms with Gasteiger partial charge >= 0.3 is 0 Å². The quantitative estimate of drug-likeness (QED) is 0.708. The van der Waals surface area contributed by atoms with Crippen LogP contribution in [0.25, 0.3) is 20.8 Å². The van der Waals surface area contributed by atoms with Crippen LogP contribution in [0.1, 0.15) is 12.0 Å². The molecular weight excluding hydrogens is 334 g/mol. The third-order valence-corrected chi connectivity index (χ3v) is 5.04. The molecule has 0 aliphatic carbocycles. The first-order valence-corrected chi connectivity index (χ1v) is 8.91. The van der Waals surface area contributed by atoms with E-state index in [9.17, 15) is 4.79 Å². The minimum absolute atomic E-state index is 0.111. The van der Waals surface area contributed by atoms with Crippen LogP contribution in [-0.2, 0) is 9.53 Å². The second-order valence-corrected chi connectivity index (χ2v) is 6.94. The molecule has 0 bridgehead atoms. The first kappa shape index (κ1) is 17.5. The molecule has 5 nitrogen and oxygen atoms in total. The number of carbonyl (C=O) groups is 1. The van der Waals surface area contributed by atoms with Gasteiger partial charge in [0.25, 0.3) is 0 Å². The molecule has 130 valence electrons. The highest BCUT2D eigenvalue weighted by atomic mass is 32.1. The number of rotatable bonds is 6. The van der Waals surface area contributed by atoms with Crippen LogP contribution in [0.15, 0.2) is 42.5 Å². The number of ether oxygens (including phenoxy) is 1. The molecule has 1 atom stereocenters. The largest absolute Gasteiger partial charge is 0.380 e. The van der Waals surface area contributed by atoms with Crippen LogP contribution in [0.5, 0.6) is 0 Å². The number of aromatic nitrogens is 1. The monoisotopic (exact) mass is 355 g/mol. The smallest absolute Gasteiger partial charge is 0.227 e. The van der Waals surface area contributed by atoms with E-state index < -0.39 is 0 Å². The van der Waals surface area contributed by atoms with Crippen molar-refractivity contribution < 1.29 is 9.53 Å². The molecule has 1 aromatic heterocycles. The fraction of sp³-hybridized carbons (Fsp3) is 0.263. The van der Waals surface area contributed by atoms with Crippen molar-refractivity contribution in [1.29, 1.82) is 0 Å². The Morgan fingerprint density at radius 3 is 2.72 bits per heavy atom. The zero-order valence-electron chi connectivity index (χ0n) is 14.3. The standard InChI is InChI=1S/C19H21N3O2S/c1-12-3-8-16-17(9-12)25-19(22-16)13-4-6-14(7-5-13)21-18(23)10-15(11-20)24-2/h3-9,15H,10-11,20H2,1-2H3,(H,21,23). The molecule has 6 heteroatoms. The minimum Gasteiger partial charge on any atom is -0.380 e. The highest BCUT2D eigenvalue weighted by Crippen LogP contribution is 2.31. The molecule has 0 fully saturated rings. The molecule has 1 amide bonds. The SMILES string of the molecule is COC(CN)CC(=O)Nc1ccc(-c2nc3ccc(C)cc3s2)cc1. The van der Waals surface area contributed by atoms with Gasteiger partial charge in [0.2, 0.25) is 5.91 Å². The molecule has 3 rings (SSSR count). The second-order valence-electron chi connectivity index (χ2n) is 5.91. The van der Waals surface area contributed by atoms with E-state index in [1.807, 2.05) is 30.3 Å². The van der Waals surface area contributed by atoms with Gasteiger partial charge in [-0.15, -0.1) is 11.3 Å². The number of aryl methyl sites for hydroxylation is 1. The second kappa shape index (κ2) is 7.74. The van der Waals surface area contributed by atoms with Crippen molar-refractivity contribution in [2.45, 2.75) is 19.4 Å². The number of thiazole rings is 1. The highest BCUT2D eigenvalue weighted by Gasteiger charge is 2.12. The van der Waals surface area contributed by atoms with Crippen LogP contribution in [0.3, 0.4) is 0 Å². The number of nitrogens with one attached hydrogen (secondary N) is 1. The van der Waals surface area contributed by atoms with Crippen molar-refractivity contribution in [3.8, 4) is 10.6 Å². The van der Waals surface area contributed by atoms with Crippen LogP contribution in [0.2, 0.25) is 0 Å². The van der Waals surface area contributed by atoms with Crippen LogP contribution >= 0.6 is 11.3 Å². The van der Waals surface area contributed by atoms with Crippen molar-refractivity contribution >= 4 is 33.1 Å². The van der Waals surface area contributed by atoms with Gasteiger partial charge in [0.1, 0.15) is 5.01 Å². The first-order chi connectivity index (χ1) is 12.1. The lowest BCUT2D eigenvalue weighted by Crippen LogP contribution is -2.28. The van der Waals surface area contributed by atoms with Gasteiger partial charge in [-0.05, 0) is 48.9 Å². The lowest BCUT2D eigenvalue weighted by Gasteiger charge is -2.12. The van der Waals surface area contributed by atoms with E-state index in [-0.39, 0.29) is 18.4 Å². The summed E-state index contributed by atoms with van der Waals surface area (Å²) in [5.74, 6) is -0.111. The molecule has 0 saturated carbocycles. The van der Waals surface area contributed by atoms with Gasteiger partial charge in [-0.25, -0.2) is 4.98 Å². The van der Waals surface area contributed by atoms with Crippen molar-refractivity contribution in [2.24, 2.45) is 5.73 Å². The Kier molecular flexibility index (Phi) is 5.43. The van der Waals surface area contributed by atoms with Crippen LogP contribution in [0.4, 0.5) is 5.69 Å². The van der Waals surface area contributed by atoms with Crippen molar-refractivity contribution in [2.75, 3.05) is 19.0 Å². The summed E-state index contributed by atoms with van der Waals surface area (Å²) in [5, 5.41) is 3.84. The van der Waals surface area contributed by atoms with Crippen molar-refractivity contribution in [3.05, 3.63) is 48.0 Å². The molecule has 0 aliphatic heterocycles. The third-order valence-electron chi connectivity index (χ3n) is 3.97. The molecule has 0 radical (unpaired) electrons. The molecule has 2 aromatic carbocycles. The molecule has 25 heavy (non-hydrogen) atoms. The summed E-state index contributed by atoms with van der Waals surface area (Å²) >= 11 is 1.67. The normalized spacial score (nSPS) is 12.3. The third kappa shape index (κ3) is 4.22. The zero-order valence-corrected chi connectivity index (χ0v) is 15.1. The van der Waals surface area contributed by atoms with E-state index in [2.05, 4.69) is 29.4 Å². The Morgan fingerprint density at radius 2 is 2.04 bits per heavy atom. The number of methoxy groups -OCH3 is 1. The van der Waals surface area contributed by atoms with Gasteiger partial charge in [0.05, 0.1) is 22.7 Å². The van der Waals surface area contributed by atoms with Crippen molar-refractivity contribution in [1.82, 2.24) is 4.98 Å². The maximum atomic E-state index is 12.0. The Morgan fingerprint density at radius 1 is 1.28 bits per heavy atom. The fourth-order valence-electron chi connectivity index (χ4n) is 2.53. The first-order valence-electron chi connectivity index (χ1n) is 8.09. The number of nitrogens with zero attached hydrogens (tertiary/aromatic N) is 1. The predicted octanol–water partition coefficient (Wildman–Crippen LogP) is 3.57. The molecule has 0 spiro atoms. The summed E-state index contributed by atoms with van der Waals surface area (Å²) in [4.78, 5) is 16.7. The number of fused-ring (bicyclic) bond motifs is 1. The van der Waals surface area contributed by atoms with Crippen LogP contribution in [-0.4, -0.2) is 30.6 Å². The molecule has 3 N–H and O–H groups in total. The van der Waals surface area contributed by atoms with Gasteiger partial charge in [0.15, 0.2) is 0 Å². The summed E-state index contributed by atoms with van der Waals surface area (Å²) in [6, 6.07) is 14.0. The van der Waals surface area contributed by atoms with E-state index in [4.69, 9.17) is 10.5 Å². The maximum absolute atomic E-state index is 12.0. The van der Waals surface area contributed by atoms with Crippen LogP contribution in [0, 0.1) is 6.92 Å². The van der Waals surface area contributed by atoms with Gasteiger partial charge in [0, 0.05) is 24.9 Å². The van der Waals surface area contributed by atoms with E-state index in [0.29, 0.717) is 6.54 Å². The number of amides is 1. The minimum atomic E-state index is -0.259. The summed E-state index contributed by atoms with van der Waals surface area (Å²) in [6.45, 7) is 2.40. The molecule has 1 unspecified atom stereocenters. The van der Waals surface area contributed by atoms with E-state index in [0.717, 1.165) is 21.8 Å². The summed E-state index contributed by atoms with van der Waals surface area (Å²) in [5.41, 5.74) is 9.56. The van der Waals surface area contributed by atoms with E-state index in [1.165, 1.54) is 10.3 Å². The number of nitrogens with two attached hydrogens (primary N) is 1. The molecule has 3 aromatic rings. The van der Waals surface area contributed by atoms with Gasteiger partial charge < -0.3 is 15.8 Å². The highest BCUT2D eigenvalue weighted by molar-refractivity contribution is 7.21. The molecular formula is C19H21N3O2S. The van der Waals surface area contributed by atoms with Gasteiger partial charge in [-0.3, -0.25) is 4.79 Å². The average molecular weight is 355 g/mol. The molecule has 0 aliphatic rings. The lowest BCUT2D eigenvalue weighted by atomic mass is 10.2. The summed E-state index contributed by atoms with van der Waals surface area (Å²) in [7, 11) is 1.55. The Balaban J connectivity index is 1.72. The van der Waals surface area contributed by atoms with Crippen LogP contribution < -0.4 is 11.1 Å². The van der Waals surface area contributed by atoms with Gasteiger partial charge in [-0.1, -0.05) is 6.07 Å². The van der Waals surface area contributed by atoms with E-state index >= 15 is 0 Å². The molecule has 0 saturated heterocycles. The van der Waals surface area contributed by atoms with E-state index in [1.54, 1.807) is 18.4 Å². The summed E-state index contributed by atoms with van der Waals surface area (Å²) in [6.07, 6.45) is -0.0168. The lowest BCUT2D eigenvalue weighted by molar-refractivity contribution is -0.118. The predicted molar refractivity (Wildman–Crippen MR) is 103 cm³/mol. The molecule has 1 heterocycles. The number of anilines is 1. The Bertz CT molecular complexity index is 870. The maximum Gasteiger partial charge on any atom is 0.227 e. The summed E-state index contributed by atoms with van der Waals surface area (Å²) < 4.78 is 6.31. The Hall–Kier alpha value is -2.28. The Labute approximate surface area is 150 Å². The number of benzene rings is 2. The average Bonchev–Trinajstić information content (AvgIpc) is 3.03. The van der Waals surface area contributed by atoms with Crippen molar-refractivity contribution in [3.63, 3.8) is 0 Å². The zero-order chi connectivity index (χ0) is 17.8. The fourth-order valence-corrected chi connectivity index (χ4v) is 3.60. The number of carbonyl (C=O) groups excluding carboxylic acids is 1. The van der Waals surface area contributed by atoms with Gasteiger partial charge in [-0.2, -0.15) is 0 Å². The number of hydrogen-bond donors (Lipinski definition) is 2. The topological polar surface area (TPSA) is 77.2 Å².